The number of carbonyl (C=O) groups excluding carboxylic acids is 1. The molecule has 1 aliphatic rings. The van der Waals surface area contributed by atoms with Gasteiger partial charge in [0.2, 0.25) is 5.91 Å². The van der Waals surface area contributed by atoms with Crippen LogP contribution in [0.15, 0.2) is 0 Å². The Labute approximate surface area is 102 Å². The monoisotopic (exact) mass is 242 g/mol. The third-order valence-electron chi connectivity index (χ3n) is 3.39. The van der Waals surface area contributed by atoms with Crippen LogP contribution < -0.4 is 10.6 Å². The molecule has 0 radical (unpaired) electrons. The number of hydrogen-bond acceptors (Lipinski definition) is 3. The van der Waals surface area contributed by atoms with Crippen molar-refractivity contribution in [3.63, 3.8) is 0 Å². The van der Waals surface area contributed by atoms with Crippen molar-refractivity contribution in [2.24, 2.45) is 11.8 Å². The molecule has 1 saturated heterocycles. The molecule has 1 aliphatic heterocycles. The summed E-state index contributed by atoms with van der Waals surface area (Å²) < 4.78 is 0. The smallest absolute Gasteiger partial charge is 0.326 e. The number of carbonyl (C=O) groups is 2. The fourth-order valence-electron chi connectivity index (χ4n) is 1.85. The van der Waals surface area contributed by atoms with Crippen LogP contribution in [0.2, 0.25) is 0 Å². The third-order valence-corrected chi connectivity index (χ3v) is 3.39. The van der Waals surface area contributed by atoms with E-state index in [1.54, 1.807) is 0 Å². The molecule has 17 heavy (non-hydrogen) atoms. The van der Waals surface area contributed by atoms with Gasteiger partial charge in [-0.1, -0.05) is 26.7 Å². The Bertz CT molecular complexity index is 277. The summed E-state index contributed by atoms with van der Waals surface area (Å²) in [5.41, 5.74) is 0. The summed E-state index contributed by atoms with van der Waals surface area (Å²) in [4.78, 5) is 22.8. The molecular weight excluding hydrogens is 220 g/mol. The molecule has 98 valence electrons. The van der Waals surface area contributed by atoms with Gasteiger partial charge < -0.3 is 15.7 Å². The average Bonchev–Trinajstić information content (AvgIpc) is 2.20. The van der Waals surface area contributed by atoms with E-state index in [4.69, 9.17) is 5.11 Å². The van der Waals surface area contributed by atoms with Gasteiger partial charge in [0.1, 0.15) is 6.04 Å². The van der Waals surface area contributed by atoms with E-state index in [0.29, 0.717) is 12.3 Å². The van der Waals surface area contributed by atoms with E-state index in [1.165, 1.54) is 0 Å². The quantitative estimate of drug-likeness (QED) is 0.611. The Balaban J connectivity index is 2.41. The van der Waals surface area contributed by atoms with Crippen LogP contribution in [0, 0.1) is 11.8 Å². The molecule has 1 fully saturated rings. The minimum atomic E-state index is -0.939. The van der Waals surface area contributed by atoms with Gasteiger partial charge >= 0.3 is 5.97 Å². The summed E-state index contributed by atoms with van der Waals surface area (Å²) in [6.07, 6.45) is 2.26. The Kier molecular flexibility index (Phi) is 5.41. The van der Waals surface area contributed by atoms with Crippen LogP contribution in [0.1, 0.15) is 33.1 Å². The number of carboxylic acid groups (broad SMARTS) is 1. The molecule has 0 saturated carbocycles. The van der Waals surface area contributed by atoms with Crippen molar-refractivity contribution < 1.29 is 14.7 Å². The second-order valence-corrected chi connectivity index (χ2v) is 4.75. The molecule has 0 aromatic rings. The average molecular weight is 242 g/mol. The highest BCUT2D eigenvalue weighted by Crippen LogP contribution is 2.16. The predicted octanol–water partition coefficient (Wildman–Crippen LogP) is 0.601. The number of nitrogens with one attached hydrogen (secondary N) is 2. The maximum Gasteiger partial charge on any atom is 0.326 e. The van der Waals surface area contributed by atoms with Gasteiger partial charge in [-0.05, 0) is 25.4 Å². The fraction of sp³-hybridized carbons (Fsp3) is 0.833. The van der Waals surface area contributed by atoms with Crippen LogP contribution in [0.3, 0.4) is 0 Å². The normalized spacial score (nSPS) is 19.2. The van der Waals surface area contributed by atoms with Gasteiger partial charge in [-0.15, -0.1) is 0 Å². The topological polar surface area (TPSA) is 78.4 Å². The van der Waals surface area contributed by atoms with Gasteiger partial charge in [-0.2, -0.15) is 0 Å². The van der Waals surface area contributed by atoms with Crippen LogP contribution in [-0.2, 0) is 9.59 Å². The Morgan fingerprint density at radius 3 is 2.53 bits per heavy atom. The fourth-order valence-corrected chi connectivity index (χ4v) is 1.85. The van der Waals surface area contributed by atoms with Crippen LogP contribution >= 0.6 is 0 Å². The standard InChI is InChI=1S/C12H22N2O3/c1-3-4-5-10(12(16)17)14-11(15)8(2)9-6-13-7-9/h8-10,13H,3-7H2,1-2H3,(H,14,15)(H,16,17)/t8?,10-/m0/s1. The van der Waals surface area contributed by atoms with Crippen LogP contribution in [0.25, 0.3) is 0 Å². The van der Waals surface area contributed by atoms with E-state index >= 15 is 0 Å². The molecule has 1 unspecified atom stereocenters. The van der Waals surface area contributed by atoms with E-state index in [0.717, 1.165) is 25.9 Å². The highest BCUT2D eigenvalue weighted by atomic mass is 16.4. The van der Waals surface area contributed by atoms with Gasteiger partial charge in [-0.3, -0.25) is 4.79 Å². The number of rotatable bonds is 7. The van der Waals surface area contributed by atoms with Crippen molar-refractivity contribution >= 4 is 11.9 Å². The van der Waals surface area contributed by atoms with Crippen LogP contribution in [-0.4, -0.2) is 36.1 Å². The number of amides is 1. The van der Waals surface area contributed by atoms with Crippen molar-refractivity contribution in [1.82, 2.24) is 10.6 Å². The zero-order valence-electron chi connectivity index (χ0n) is 10.5. The van der Waals surface area contributed by atoms with Crippen molar-refractivity contribution in [2.45, 2.75) is 39.2 Å². The van der Waals surface area contributed by atoms with E-state index in [9.17, 15) is 9.59 Å². The Hall–Kier alpha value is -1.10. The highest BCUT2D eigenvalue weighted by molar-refractivity contribution is 5.85. The number of unbranched alkanes of at least 4 members (excludes halogenated alkanes) is 1. The zero-order valence-corrected chi connectivity index (χ0v) is 10.5. The van der Waals surface area contributed by atoms with Crippen molar-refractivity contribution in [1.29, 1.82) is 0 Å². The van der Waals surface area contributed by atoms with E-state index < -0.39 is 12.0 Å². The molecule has 0 aromatic heterocycles. The van der Waals surface area contributed by atoms with E-state index in [1.807, 2.05) is 13.8 Å². The second-order valence-electron chi connectivity index (χ2n) is 4.75. The molecule has 1 amide bonds. The van der Waals surface area contributed by atoms with Gasteiger partial charge in [0.25, 0.3) is 0 Å². The van der Waals surface area contributed by atoms with Crippen LogP contribution in [0.4, 0.5) is 0 Å². The lowest BCUT2D eigenvalue weighted by Crippen LogP contribution is -2.52. The zero-order chi connectivity index (χ0) is 12.8. The first-order valence-electron chi connectivity index (χ1n) is 6.30. The molecule has 1 rings (SSSR count). The molecule has 2 atom stereocenters. The summed E-state index contributed by atoms with van der Waals surface area (Å²) in [5, 5.41) is 14.8. The van der Waals surface area contributed by atoms with Crippen molar-refractivity contribution in [3.05, 3.63) is 0 Å². The maximum atomic E-state index is 11.9. The Morgan fingerprint density at radius 1 is 1.47 bits per heavy atom. The predicted molar refractivity (Wildman–Crippen MR) is 64.6 cm³/mol. The molecule has 0 aliphatic carbocycles. The lowest BCUT2D eigenvalue weighted by atomic mass is 9.88. The first-order valence-corrected chi connectivity index (χ1v) is 6.30. The molecule has 0 bridgehead atoms. The number of carboxylic acids is 1. The summed E-state index contributed by atoms with van der Waals surface area (Å²) in [5.74, 6) is -0.846. The van der Waals surface area contributed by atoms with E-state index in [2.05, 4.69) is 10.6 Å². The summed E-state index contributed by atoms with van der Waals surface area (Å²) in [7, 11) is 0. The second kappa shape index (κ2) is 6.59. The first kappa shape index (κ1) is 14.0. The maximum absolute atomic E-state index is 11.9. The van der Waals surface area contributed by atoms with Gasteiger partial charge in [0.15, 0.2) is 0 Å². The number of aliphatic carboxylic acids is 1. The molecule has 5 nitrogen and oxygen atoms in total. The summed E-state index contributed by atoms with van der Waals surface area (Å²) >= 11 is 0. The van der Waals surface area contributed by atoms with E-state index in [-0.39, 0.29) is 11.8 Å². The van der Waals surface area contributed by atoms with Gasteiger partial charge in [-0.25, -0.2) is 4.79 Å². The minimum Gasteiger partial charge on any atom is -0.480 e. The molecule has 5 heteroatoms. The molecule has 3 N–H and O–H groups in total. The van der Waals surface area contributed by atoms with Crippen molar-refractivity contribution in [3.8, 4) is 0 Å². The van der Waals surface area contributed by atoms with Gasteiger partial charge in [0.05, 0.1) is 0 Å². The summed E-state index contributed by atoms with van der Waals surface area (Å²) in [6.45, 7) is 5.56. The SMILES string of the molecule is CCCC[C@H](NC(=O)C(C)C1CNC1)C(=O)O. The summed E-state index contributed by atoms with van der Waals surface area (Å²) in [6, 6.07) is -0.738. The number of hydrogen-bond donors (Lipinski definition) is 3. The van der Waals surface area contributed by atoms with Gasteiger partial charge in [0, 0.05) is 5.92 Å². The molecule has 0 aromatic carbocycles. The molecular formula is C12H22N2O3. The lowest BCUT2D eigenvalue weighted by Gasteiger charge is -2.32. The molecule has 1 heterocycles. The highest BCUT2D eigenvalue weighted by Gasteiger charge is 2.30. The third kappa shape index (κ3) is 4.00. The first-order chi connectivity index (χ1) is 8.06. The van der Waals surface area contributed by atoms with Crippen LogP contribution in [0.5, 0.6) is 0 Å². The molecule has 0 spiro atoms. The lowest BCUT2D eigenvalue weighted by molar-refractivity contribution is -0.143. The Morgan fingerprint density at radius 2 is 2.12 bits per heavy atom. The van der Waals surface area contributed by atoms with Crippen molar-refractivity contribution in [2.75, 3.05) is 13.1 Å². The minimum absolute atomic E-state index is 0.111. The largest absolute Gasteiger partial charge is 0.480 e.